The highest BCUT2D eigenvalue weighted by Gasteiger charge is 2.13. The third kappa shape index (κ3) is 3.32. The van der Waals surface area contributed by atoms with Crippen molar-refractivity contribution in [3.05, 3.63) is 75.8 Å². The predicted octanol–water partition coefficient (Wildman–Crippen LogP) is 3.63. The Morgan fingerprint density at radius 3 is 2.87 bits per heavy atom. The van der Waals surface area contributed by atoms with Crippen LogP contribution in [0.3, 0.4) is 0 Å². The van der Waals surface area contributed by atoms with Crippen LogP contribution in [0.15, 0.2) is 53.4 Å². The van der Waals surface area contributed by atoms with Crippen molar-refractivity contribution in [1.29, 1.82) is 0 Å². The van der Waals surface area contributed by atoms with Crippen LogP contribution in [-0.2, 0) is 6.42 Å². The molecule has 0 atom stereocenters. The zero-order chi connectivity index (χ0) is 16.4. The smallest absolute Gasteiger partial charge is 0.336 e. The maximum absolute atomic E-state index is 11.3. The minimum Gasteiger partial charge on any atom is -0.478 e. The molecule has 1 N–H and O–H groups in total. The molecule has 0 bridgehead atoms. The van der Waals surface area contributed by atoms with Crippen molar-refractivity contribution in [3.63, 3.8) is 0 Å². The first-order valence-corrected chi connectivity index (χ1v) is 7.81. The van der Waals surface area contributed by atoms with E-state index < -0.39 is 5.97 Å². The topological polar surface area (TPSA) is 68.0 Å². The standard InChI is InChI=1S/C17H14BrN3O2/c1-11-13(7-12-9-19-6-5-16(12)17(22)23)10-21(20-11)15-4-2-3-14(18)8-15/h2-6,8-10H,7H2,1H3,(H,22,23). The van der Waals surface area contributed by atoms with Gasteiger partial charge in [-0.1, -0.05) is 22.0 Å². The first kappa shape index (κ1) is 15.4. The fraction of sp³-hybridized carbons (Fsp3) is 0.118. The maximum Gasteiger partial charge on any atom is 0.336 e. The molecule has 0 fully saturated rings. The minimum absolute atomic E-state index is 0.273. The fourth-order valence-electron chi connectivity index (χ4n) is 2.40. The van der Waals surface area contributed by atoms with Crippen LogP contribution in [0.5, 0.6) is 0 Å². The number of carboxylic acids is 1. The van der Waals surface area contributed by atoms with Crippen LogP contribution in [0.1, 0.15) is 27.2 Å². The number of carbonyl (C=O) groups is 1. The Kier molecular flexibility index (Phi) is 4.25. The molecule has 5 nitrogen and oxygen atoms in total. The molecule has 1 aromatic carbocycles. The molecule has 3 rings (SSSR count). The van der Waals surface area contributed by atoms with Crippen molar-refractivity contribution in [1.82, 2.24) is 14.8 Å². The monoisotopic (exact) mass is 371 g/mol. The number of halogens is 1. The van der Waals surface area contributed by atoms with Gasteiger partial charge in [-0.2, -0.15) is 5.10 Å². The molecular weight excluding hydrogens is 358 g/mol. The summed E-state index contributed by atoms with van der Waals surface area (Å²) in [5, 5.41) is 13.8. The molecule has 23 heavy (non-hydrogen) atoms. The van der Waals surface area contributed by atoms with E-state index in [4.69, 9.17) is 0 Å². The lowest BCUT2D eigenvalue weighted by Gasteiger charge is -2.04. The number of hydrogen-bond acceptors (Lipinski definition) is 3. The van der Waals surface area contributed by atoms with Gasteiger partial charge in [0.2, 0.25) is 0 Å². The van der Waals surface area contributed by atoms with Gasteiger partial charge < -0.3 is 5.11 Å². The molecule has 0 amide bonds. The predicted molar refractivity (Wildman–Crippen MR) is 90.0 cm³/mol. The summed E-state index contributed by atoms with van der Waals surface area (Å²) in [5.41, 5.74) is 3.73. The maximum atomic E-state index is 11.3. The summed E-state index contributed by atoms with van der Waals surface area (Å²) in [6.45, 7) is 1.92. The lowest BCUT2D eigenvalue weighted by atomic mass is 10.0. The molecule has 0 aliphatic carbocycles. The van der Waals surface area contributed by atoms with Gasteiger partial charge in [-0.3, -0.25) is 4.98 Å². The minimum atomic E-state index is -0.945. The average molecular weight is 372 g/mol. The molecule has 0 saturated heterocycles. The first-order chi connectivity index (χ1) is 11.0. The van der Waals surface area contributed by atoms with Gasteiger partial charge in [0, 0.05) is 29.5 Å². The van der Waals surface area contributed by atoms with E-state index in [1.54, 1.807) is 10.9 Å². The Morgan fingerprint density at radius 2 is 2.13 bits per heavy atom. The SMILES string of the molecule is Cc1nn(-c2cccc(Br)c2)cc1Cc1cnccc1C(=O)O. The van der Waals surface area contributed by atoms with Crippen LogP contribution in [0, 0.1) is 6.92 Å². The molecule has 0 aliphatic heterocycles. The summed E-state index contributed by atoms with van der Waals surface area (Å²) in [6.07, 6.45) is 5.50. The lowest BCUT2D eigenvalue weighted by molar-refractivity contribution is 0.0695. The number of aryl methyl sites for hydroxylation is 1. The van der Waals surface area contributed by atoms with Crippen LogP contribution < -0.4 is 0 Å². The normalized spacial score (nSPS) is 10.7. The Hall–Kier alpha value is -2.47. The van der Waals surface area contributed by atoms with E-state index >= 15 is 0 Å². The van der Waals surface area contributed by atoms with Crippen LogP contribution in [0.4, 0.5) is 0 Å². The van der Waals surface area contributed by atoms with Gasteiger partial charge in [0.1, 0.15) is 0 Å². The zero-order valence-corrected chi connectivity index (χ0v) is 14.0. The summed E-state index contributed by atoms with van der Waals surface area (Å²) in [7, 11) is 0. The Balaban J connectivity index is 1.95. The van der Waals surface area contributed by atoms with Gasteiger partial charge >= 0.3 is 5.97 Å². The van der Waals surface area contributed by atoms with E-state index in [0.29, 0.717) is 12.0 Å². The molecule has 6 heteroatoms. The van der Waals surface area contributed by atoms with Crippen LogP contribution in [0.2, 0.25) is 0 Å². The Morgan fingerprint density at radius 1 is 1.30 bits per heavy atom. The highest BCUT2D eigenvalue weighted by atomic mass is 79.9. The van der Waals surface area contributed by atoms with E-state index in [9.17, 15) is 9.90 Å². The van der Waals surface area contributed by atoms with Gasteiger partial charge in [-0.05, 0) is 42.3 Å². The highest BCUT2D eigenvalue weighted by Crippen LogP contribution is 2.20. The summed E-state index contributed by atoms with van der Waals surface area (Å²) < 4.78 is 2.77. The summed E-state index contributed by atoms with van der Waals surface area (Å²) in [4.78, 5) is 15.3. The second kappa shape index (κ2) is 6.34. The molecule has 0 spiro atoms. The van der Waals surface area contributed by atoms with E-state index in [1.165, 1.54) is 12.3 Å². The summed E-state index contributed by atoms with van der Waals surface area (Å²) in [6, 6.07) is 9.36. The number of aromatic carboxylic acids is 1. The van der Waals surface area contributed by atoms with Gasteiger partial charge in [-0.25, -0.2) is 9.48 Å². The zero-order valence-electron chi connectivity index (χ0n) is 12.4. The number of aromatic nitrogens is 3. The van der Waals surface area contributed by atoms with Crippen LogP contribution in [0.25, 0.3) is 5.69 Å². The van der Waals surface area contributed by atoms with E-state index in [2.05, 4.69) is 26.0 Å². The molecule has 2 aromatic heterocycles. The second-order valence-corrected chi connectivity index (χ2v) is 6.09. The third-order valence-electron chi connectivity index (χ3n) is 3.59. The van der Waals surface area contributed by atoms with Crippen molar-refractivity contribution in [2.24, 2.45) is 0 Å². The van der Waals surface area contributed by atoms with Crippen molar-refractivity contribution in [2.45, 2.75) is 13.3 Å². The number of nitrogens with zero attached hydrogens (tertiary/aromatic N) is 3. The Bertz CT molecular complexity index is 874. The molecule has 3 aromatic rings. The van der Waals surface area contributed by atoms with Crippen LogP contribution in [-0.4, -0.2) is 25.8 Å². The number of carboxylic acid groups (broad SMARTS) is 1. The molecule has 0 radical (unpaired) electrons. The van der Waals surface area contributed by atoms with Gasteiger partial charge in [-0.15, -0.1) is 0 Å². The highest BCUT2D eigenvalue weighted by molar-refractivity contribution is 9.10. The van der Waals surface area contributed by atoms with E-state index in [1.807, 2.05) is 37.4 Å². The van der Waals surface area contributed by atoms with E-state index in [0.717, 1.165) is 21.4 Å². The number of benzene rings is 1. The van der Waals surface area contributed by atoms with Crippen LogP contribution >= 0.6 is 15.9 Å². The van der Waals surface area contributed by atoms with Crippen molar-refractivity contribution < 1.29 is 9.90 Å². The summed E-state index contributed by atoms with van der Waals surface area (Å²) in [5.74, 6) is -0.945. The Labute approximate surface area is 141 Å². The second-order valence-electron chi connectivity index (χ2n) is 5.18. The number of rotatable bonds is 4. The van der Waals surface area contributed by atoms with Crippen molar-refractivity contribution in [3.8, 4) is 5.69 Å². The third-order valence-corrected chi connectivity index (χ3v) is 4.08. The number of hydrogen-bond donors (Lipinski definition) is 1. The van der Waals surface area contributed by atoms with Crippen molar-refractivity contribution in [2.75, 3.05) is 0 Å². The van der Waals surface area contributed by atoms with Gasteiger partial charge in [0.25, 0.3) is 0 Å². The average Bonchev–Trinajstić information content (AvgIpc) is 2.89. The molecule has 116 valence electrons. The fourth-order valence-corrected chi connectivity index (χ4v) is 2.79. The molecule has 0 aliphatic rings. The van der Waals surface area contributed by atoms with Gasteiger partial charge in [0.05, 0.1) is 16.9 Å². The largest absolute Gasteiger partial charge is 0.478 e. The first-order valence-electron chi connectivity index (χ1n) is 7.02. The quantitative estimate of drug-likeness (QED) is 0.760. The lowest BCUT2D eigenvalue weighted by Crippen LogP contribution is -2.03. The van der Waals surface area contributed by atoms with Gasteiger partial charge in [0.15, 0.2) is 0 Å². The van der Waals surface area contributed by atoms with E-state index in [-0.39, 0.29) is 5.56 Å². The molecule has 0 unspecified atom stereocenters. The molecule has 2 heterocycles. The van der Waals surface area contributed by atoms with Crippen molar-refractivity contribution >= 4 is 21.9 Å². The number of pyridine rings is 1. The summed E-state index contributed by atoms with van der Waals surface area (Å²) >= 11 is 3.45. The molecular formula is C17H14BrN3O2. The molecule has 0 saturated carbocycles.